The van der Waals surface area contributed by atoms with Crippen LogP contribution < -0.4 is 5.32 Å². The molecule has 0 atom stereocenters. The van der Waals surface area contributed by atoms with Gasteiger partial charge in [0.2, 0.25) is 0 Å². The summed E-state index contributed by atoms with van der Waals surface area (Å²) in [4.78, 5) is 25.0. The van der Waals surface area contributed by atoms with E-state index < -0.39 is 5.97 Å². The Morgan fingerprint density at radius 2 is 2.08 bits per heavy atom. The van der Waals surface area contributed by atoms with Crippen LogP contribution in [0.2, 0.25) is 0 Å². The molecule has 25 heavy (non-hydrogen) atoms. The van der Waals surface area contributed by atoms with Crippen molar-refractivity contribution in [2.24, 2.45) is 0 Å². The van der Waals surface area contributed by atoms with Crippen molar-refractivity contribution in [1.82, 2.24) is 5.32 Å². The molecule has 1 aromatic heterocycles. The van der Waals surface area contributed by atoms with Crippen molar-refractivity contribution in [2.45, 2.75) is 26.7 Å². The van der Waals surface area contributed by atoms with E-state index in [1.54, 1.807) is 6.08 Å². The molecule has 0 saturated heterocycles. The first-order chi connectivity index (χ1) is 12.1. The van der Waals surface area contributed by atoms with Gasteiger partial charge in [-0.15, -0.1) is 11.3 Å². The molecule has 0 aliphatic carbocycles. The lowest BCUT2D eigenvalue weighted by Gasteiger charge is -2.08. The Morgan fingerprint density at radius 3 is 2.76 bits per heavy atom. The fraction of sp³-hybridized carbons (Fsp3) is 0.300. The fourth-order valence-electron chi connectivity index (χ4n) is 2.25. The second-order valence-electron chi connectivity index (χ2n) is 5.73. The SMILES string of the molecule is CCCCNC(=O)COC(=O)/C(=C/c1cccc(C)c1)c1cccs1. The molecule has 1 heterocycles. The fourth-order valence-corrected chi connectivity index (χ4v) is 2.98. The van der Waals surface area contributed by atoms with Crippen molar-refractivity contribution in [3.05, 3.63) is 57.8 Å². The van der Waals surface area contributed by atoms with E-state index in [9.17, 15) is 9.59 Å². The van der Waals surface area contributed by atoms with Crippen molar-refractivity contribution < 1.29 is 14.3 Å². The molecular weight excluding hydrogens is 334 g/mol. The molecule has 0 spiro atoms. The standard InChI is InChI=1S/C20H23NO3S/c1-3-4-10-21-19(22)14-24-20(23)17(18-9-6-11-25-18)13-16-8-5-7-15(2)12-16/h5-9,11-13H,3-4,10,14H2,1-2H3,(H,21,22)/b17-13+. The molecule has 4 nitrogen and oxygen atoms in total. The van der Waals surface area contributed by atoms with E-state index in [2.05, 4.69) is 12.2 Å². The number of rotatable bonds is 8. The van der Waals surface area contributed by atoms with Crippen LogP contribution in [0.25, 0.3) is 11.6 Å². The molecule has 2 aromatic rings. The Hall–Kier alpha value is -2.40. The predicted molar refractivity (Wildman–Crippen MR) is 102 cm³/mol. The molecule has 0 radical (unpaired) electrons. The van der Waals surface area contributed by atoms with Gasteiger partial charge in [0, 0.05) is 11.4 Å². The molecule has 1 N–H and O–H groups in total. The van der Waals surface area contributed by atoms with Gasteiger partial charge in [-0.1, -0.05) is 49.2 Å². The highest BCUT2D eigenvalue weighted by Gasteiger charge is 2.16. The highest BCUT2D eigenvalue weighted by atomic mass is 32.1. The maximum Gasteiger partial charge on any atom is 0.340 e. The van der Waals surface area contributed by atoms with E-state index in [0.717, 1.165) is 28.8 Å². The Balaban J connectivity index is 2.08. The smallest absolute Gasteiger partial charge is 0.340 e. The van der Waals surface area contributed by atoms with Crippen LogP contribution in [0.1, 0.15) is 35.8 Å². The zero-order valence-corrected chi connectivity index (χ0v) is 15.4. The molecule has 0 saturated carbocycles. The van der Waals surface area contributed by atoms with E-state index in [0.29, 0.717) is 12.1 Å². The number of benzene rings is 1. The van der Waals surface area contributed by atoms with Crippen LogP contribution in [0.4, 0.5) is 0 Å². The summed E-state index contributed by atoms with van der Waals surface area (Å²) >= 11 is 1.46. The maximum atomic E-state index is 12.5. The van der Waals surface area contributed by atoms with Gasteiger partial charge in [-0.2, -0.15) is 0 Å². The minimum Gasteiger partial charge on any atom is -0.452 e. The number of unbranched alkanes of at least 4 members (excludes halogenated alkanes) is 1. The number of nitrogens with one attached hydrogen (secondary N) is 1. The van der Waals surface area contributed by atoms with Gasteiger partial charge < -0.3 is 10.1 Å². The highest BCUT2D eigenvalue weighted by Crippen LogP contribution is 2.24. The number of carbonyl (C=O) groups excluding carboxylic acids is 2. The van der Waals surface area contributed by atoms with Crippen LogP contribution >= 0.6 is 11.3 Å². The van der Waals surface area contributed by atoms with Crippen LogP contribution in [-0.2, 0) is 14.3 Å². The maximum absolute atomic E-state index is 12.5. The number of hydrogen-bond donors (Lipinski definition) is 1. The third-order valence-electron chi connectivity index (χ3n) is 3.55. The van der Waals surface area contributed by atoms with Gasteiger partial charge in [0.25, 0.3) is 5.91 Å². The molecule has 5 heteroatoms. The molecular formula is C20H23NO3S. The Labute approximate surface area is 152 Å². The normalized spacial score (nSPS) is 11.2. The van der Waals surface area contributed by atoms with Crippen LogP contribution in [0.15, 0.2) is 41.8 Å². The minimum atomic E-state index is -0.491. The predicted octanol–water partition coefficient (Wildman–Crippen LogP) is 4.06. The average Bonchev–Trinajstić information content (AvgIpc) is 3.12. The van der Waals surface area contributed by atoms with Crippen LogP contribution in [0, 0.1) is 6.92 Å². The lowest BCUT2D eigenvalue weighted by molar-refractivity contribution is -0.142. The van der Waals surface area contributed by atoms with Crippen molar-refractivity contribution in [3.8, 4) is 0 Å². The van der Waals surface area contributed by atoms with Gasteiger partial charge in [-0.3, -0.25) is 4.79 Å². The average molecular weight is 357 g/mol. The van der Waals surface area contributed by atoms with Crippen molar-refractivity contribution >= 4 is 34.9 Å². The highest BCUT2D eigenvalue weighted by molar-refractivity contribution is 7.11. The monoisotopic (exact) mass is 357 g/mol. The largest absolute Gasteiger partial charge is 0.452 e. The summed E-state index contributed by atoms with van der Waals surface area (Å²) in [5.41, 5.74) is 2.50. The number of carbonyl (C=O) groups is 2. The number of ether oxygens (including phenoxy) is 1. The summed E-state index contributed by atoms with van der Waals surface area (Å²) in [5, 5.41) is 4.64. The lowest BCUT2D eigenvalue weighted by atomic mass is 10.1. The van der Waals surface area contributed by atoms with Crippen molar-refractivity contribution in [2.75, 3.05) is 13.2 Å². The van der Waals surface area contributed by atoms with E-state index in [1.807, 2.05) is 48.7 Å². The molecule has 0 unspecified atom stereocenters. The summed E-state index contributed by atoms with van der Waals surface area (Å²) in [6, 6.07) is 11.6. The number of thiophene rings is 1. The summed E-state index contributed by atoms with van der Waals surface area (Å²) < 4.78 is 5.21. The van der Waals surface area contributed by atoms with Gasteiger partial charge in [-0.25, -0.2) is 4.79 Å². The first kappa shape index (κ1) is 18.9. The van der Waals surface area contributed by atoms with Gasteiger partial charge in [-0.05, 0) is 36.4 Å². The van der Waals surface area contributed by atoms with E-state index >= 15 is 0 Å². The van der Waals surface area contributed by atoms with Crippen LogP contribution in [0.5, 0.6) is 0 Å². The summed E-state index contributed by atoms with van der Waals surface area (Å²) in [6.45, 7) is 4.39. The van der Waals surface area contributed by atoms with Gasteiger partial charge in [0.05, 0.1) is 5.57 Å². The first-order valence-corrected chi connectivity index (χ1v) is 9.24. The summed E-state index contributed by atoms with van der Waals surface area (Å²) in [7, 11) is 0. The Kier molecular flexibility index (Phi) is 7.41. The number of hydrogen-bond acceptors (Lipinski definition) is 4. The Bertz CT molecular complexity index is 735. The van der Waals surface area contributed by atoms with Gasteiger partial charge in [0.15, 0.2) is 6.61 Å². The molecule has 0 bridgehead atoms. The topological polar surface area (TPSA) is 55.4 Å². The third-order valence-corrected chi connectivity index (χ3v) is 4.45. The molecule has 1 aromatic carbocycles. The molecule has 0 aliphatic heterocycles. The number of aryl methyl sites for hydroxylation is 1. The van der Waals surface area contributed by atoms with Gasteiger partial charge in [0.1, 0.15) is 0 Å². The quantitative estimate of drug-likeness (QED) is 0.440. The van der Waals surface area contributed by atoms with Crippen LogP contribution in [0.3, 0.4) is 0 Å². The third kappa shape index (κ3) is 6.19. The Morgan fingerprint density at radius 1 is 1.24 bits per heavy atom. The van der Waals surface area contributed by atoms with E-state index in [1.165, 1.54) is 11.3 Å². The van der Waals surface area contributed by atoms with Crippen molar-refractivity contribution in [3.63, 3.8) is 0 Å². The van der Waals surface area contributed by atoms with E-state index in [4.69, 9.17) is 4.74 Å². The summed E-state index contributed by atoms with van der Waals surface area (Å²) in [6.07, 6.45) is 3.71. The van der Waals surface area contributed by atoms with Gasteiger partial charge >= 0.3 is 5.97 Å². The van der Waals surface area contributed by atoms with E-state index in [-0.39, 0.29) is 12.5 Å². The zero-order valence-electron chi connectivity index (χ0n) is 14.6. The number of amides is 1. The molecule has 0 fully saturated rings. The minimum absolute atomic E-state index is 0.265. The van der Waals surface area contributed by atoms with Crippen LogP contribution in [-0.4, -0.2) is 25.0 Å². The molecule has 1 amide bonds. The zero-order chi connectivity index (χ0) is 18.1. The number of esters is 1. The first-order valence-electron chi connectivity index (χ1n) is 8.36. The van der Waals surface area contributed by atoms with Crippen molar-refractivity contribution in [1.29, 1.82) is 0 Å². The molecule has 0 aliphatic rings. The lowest BCUT2D eigenvalue weighted by Crippen LogP contribution is -2.29. The second-order valence-corrected chi connectivity index (χ2v) is 6.68. The summed E-state index contributed by atoms with van der Waals surface area (Å²) in [5.74, 6) is -0.766. The molecule has 132 valence electrons. The second kappa shape index (κ2) is 9.79. The molecule has 2 rings (SSSR count).